The van der Waals surface area contributed by atoms with Crippen molar-refractivity contribution in [1.82, 2.24) is 0 Å². The van der Waals surface area contributed by atoms with E-state index >= 15 is 0 Å². The minimum atomic E-state index is 0.0139. The highest BCUT2D eigenvalue weighted by Gasteiger charge is 1.54. The fourth-order valence-electron chi connectivity index (χ4n) is 0. The fraction of sp³-hybridized carbons (Fsp3) is 0.500. The van der Waals surface area contributed by atoms with Crippen LogP contribution in [0.15, 0.2) is 0 Å². The molecule has 0 amide bonds. The first-order chi connectivity index (χ1) is 1.91. The summed E-state index contributed by atoms with van der Waals surface area (Å²) in [4.78, 5) is 8.92. The standard InChI is InChI=1S/C2H4NO/c3-1-2-4/h1,3H2. The van der Waals surface area contributed by atoms with Gasteiger partial charge in [-0.15, -0.1) is 0 Å². The predicted molar refractivity (Wildman–Crippen MR) is 14.7 cm³/mol. The molecule has 0 unspecified atom stereocenters. The molecule has 2 nitrogen and oxygen atoms in total. The third-order valence-corrected chi connectivity index (χ3v) is 0.0833. The van der Waals surface area contributed by atoms with Crippen molar-refractivity contribution >= 4 is 6.29 Å². The van der Waals surface area contributed by atoms with Gasteiger partial charge in [-0.05, 0) is 0 Å². The molecule has 0 aromatic rings. The summed E-state index contributed by atoms with van der Waals surface area (Å²) >= 11 is 0. The summed E-state index contributed by atoms with van der Waals surface area (Å²) in [6, 6.07) is 0. The molecule has 0 saturated heterocycles. The van der Waals surface area contributed by atoms with Crippen molar-refractivity contribution in [3.05, 3.63) is 0 Å². The number of rotatable bonds is 1. The van der Waals surface area contributed by atoms with E-state index in [0.29, 0.717) is 0 Å². The Hall–Kier alpha value is -0.370. The van der Waals surface area contributed by atoms with E-state index in [9.17, 15) is 0 Å². The number of hydrogen-bond donors (Lipinski definition) is 1. The van der Waals surface area contributed by atoms with Crippen molar-refractivity contribution in [2.75, 3.05) is 6.54 Å². The molecule has 0 aliphatic carbocycles. The van der Waals surface area contributed by atoms with E-state index in [-0.39, 0.29) is 6.54 Å². The molecule has 0 aromatic carbocycles. The summed E-state index contributed by atoms with van der Waals surface area (Å²) in [5.74, 6) is 0. The van der Waals surface area contributed by atoms with E-state index in [2.05, 4.69) is 5.73 Å². The van der Waals surface area contributed by atoms with Gasteiger partial charge in [-0.1, -0.05) is 0 Å². The van der Waals surface area contributed by atoms with Crippen LogP contribution in [0.1, 0.15) is 0 Å². The zero-order valence-electron chi connectivity index (χ0n) is 2.19. The molecule has 2 heteroatoms. The molecule has 0 fully saturated rings. The lowest BCUT2D eigenvalue weighted by atomic mass is 10.8. The number of hydrogen-bond acceptors (Lipinski definition) is 2. The molecule has 0 aliphatic rings. The number of nitrogens with two attached hydrogens (primary N) is 1. The molecular formula is C2H4NO. The van der Waals surface area contributed by atoms with Crippen LogP contribution in [0.2, 0.25) is 0 Å². The van der Waals surface area contributed by atoms with E-state index < -0.39 is 0 Å². The van der Waals surface area contributed by atoms with Crippen LogP contribution in [0, 0.1) is 0 Å². The minimum Gasteiger partial charge on any atom is -0.324 e. The van der Waals surface area contributed by atoms with Gasteiger partial charge in [0.1, 0.15) is 0 Å². The van der Waals surface area contributed by atoms with E-state index in [1.807, 2.05) is 0 Å². The fourth-order valence-corrected chi connectivity index (χ4v) is 0. The van der Waals surface area contributed by atoms with Gasteiger partial charge in [0.05, 0.1) is 6.54 Å². The van der Waals surface area contributed by atoms with Crippen LogP contribution < -0.4 is 5.73 Å². The van der Waals surface area contributed by atoms with Crippen LogP contribution in [-0.2, 0) is 4.79 Å². The van der Waals surface area contributed by atoms with E-state index in [0.717, 1.165) is 0 Å². The van der Waals surface area contributed by atoms with Crippen molar-refractivity contribution in [2.45, 2.75) is 0 Å². The Morgan fingerprint density at radius 2 is 2.25 bits per heavy atom. The monoisotopic (exact) mass is 58.0 g/mol. The Balaban J connectivity index is 2.30. The van der Waals surface area contributed by atoms with Gasteiger partial charge in [0, 0.05) is 0 Å². The maximum atomic E-state index is 8.92. The van der Waals surface area contributed by atoms with Crippen LogP contribution in [0.3, 0.4) is 0 Å². The Labute approximate surface area is 24.6 Å². The van der Waals surface area contributed by atoms with Gasteiger partial charge >= 0.3 is 0 Å². The Bertz CT molecular complexity index is 20.0. The summed E-state index contributed by atoms with van der Waals surface area (Å²) < 4.78 is 0. The third kappa shape index (κ3) is 1.63. The quantitative estimate of drug-likeness (QED) is 0.422. The molecule has 0 bridgehead atoms. The second-order valence-corrected chi connectivity index (χ2v) is 0.348. The maximum absolute atomic E-state index is 8.92. The first-order valence-electron chi connectivity index (χ1n) is 0.966. The molecular weight excluding hydrogens is 54.0 g/mol. The molecule has 0 rings (SSSR count). The lowest BCUT2D eigenvalue weighted by Gasteiger charge is -1.52. The van der Waals surface area contributed by atoms with Crippen LogP contribution in [0.5, 0.6) is 0 Å². The lowest BCUT2D eigenvalue weighted by molar-refractivity contribution is 0.556. The summed E-state index contributed by atoms with van der Waals surface area (Å²) in [6.45, 7) is 0.0139. The normalized spacial score (nSPS) is 6.25. The SMILES string of the molecule is NC[C]=O. The average molecular weight is 58.1 g/mol. The highest BCUT2D eigenvalue weighted by atomic mass is 16.1. The van der Waals surface area contributed by atoms with Gasteiger partial charge in [-0.25, -0.2) is 0 Å². The van der Waals surface area contributed by atoms with E-state index in [4.69, 9.17) is 4.79 Å². The molecule has 2 N–H and O–H groups in total. The molecule has 1 radical (unpaired) electrons. The van der Waals surface area contributed by atoms with Crippen LogP contribution in [0.25, 0.3) is 0 Å². The van der Waals surface area contributed by atoms with Gasteiger partial charge < -0.3 is 5.73 Å². The smallest absolute Gasteiger partial charge is 0.213 e. The van der Waals surface area contributed by atoms with Crippen LogP contribution >= 0.6 is 0 Å². The molecule has 0 atom stereocenters. The van der Waals surface area contributed by atoms with Gasteiger partial charge in [-0.3, -0.25) is 4.79 Å². The molecule has 0 aromatic heterocycles. The van der Waals surface area contributed by atoms with Gasteiger partial charge in [-0.2, -0.15) is 0 Å². The topological polar surface area (TPSA) is 43.1 Å². The third-order valence-electron chi connectivity index (χ3n) is 0.0833. The van der Waals surface area contributed by atoms with Crippen LogP contribution in [-0.4, -0.2) is 12.8 Å². The minimum absolute atomic E-state index is 0.0139. The van der Waals surface area contributed by atoms with Gasteiger partial charge in [0.25, 0.3) is 0 Å². The predicted octanol–water partition coefficient (Wildman–Crippen LogP) is -0.945. The van der Waals surface area contributed by atoms with Gasteiger partial charge in [0.15, 0.2) is 0 Å². The lowest BCUT2D eigenvalue weighted by Crippen LogP contribution is -1.97. The zero-order chi connectivity index (χ0) is 3.41. The van der Waals surface area contributed by atoms with Crippen molar-refractivity contribution < 1.29 is 4.79 Å². The summed E-state index contributed by atoms with van der Waals surface area (Å²) in [5.41, 5.74) is 4.60. The molecule has 0 aliphatic heterocycles. The largest absolute Gasteiger partial charge is 0.324 e. The Morgan fingerprint density at radius 3 is 2.25 bits per heavy atom. The van der Waals surface area contributed by atoms with E-state index in [1.165, 1.54) is 6.29 Å². The first kappa shape index (κ1) is 3.63. The second kappa shape index (κ2) is 2.63. The maximum Gasteiger partial charge on any atom is 0.213 e. The van der Waals surface area contributed by atoms with Crippen molar-refractivity contribution in [1.29, 1.82) is 0 Å². The Kier molecular flexibility index (Phi) is 2.39. The van der Waals surface area contributed by atoms with Crippen molar-refractivity contribution in [3.63, 3.8) is 0 Å². The second-order valence-electron chi connectivity index (χ2n) is 0.348. The van der Waals surface area contributed by atoms with E-state index in [1.54, 1.807) is 0 Å². The summed E-state index contributed by atoms with van der Waals surface area (Å²) in [7, 11) is 0. The first-order valence-corrected chi connectivity index (χ1v) is 0.966. The van der Waals surface area contributed by atoms with Crippen LogP contribution in [0.4, 0.5) is 0 Å². The highest BCUT2D eigenvalue weighted by molar-refractivity contribution is 5.52. The molecule has 4 heavy (non-hydrogen) atoms. The molecule has 23 valence electrons. The molecule has 0 saturated carbocycles. The number of carbonyl (C=O) groups excluding carboxylic acids is 1. The van der Waals surface area contributed by atoms with Gasteiger partial charge in [0.2, 0.25) is 6.29 Å². The average Bonchev–Trinajstić information content (AvgIpc) is 1.37. The summed E-state index contributed by atoms with van der Waals surface area (Å²) in [6.07, 6.45) is 1.46. The Morgan fingerprint density at radius 1 is 2.00 bits per heavy atom. The van der Waals surface area contributed by atoms with Crippen molar-refractivity contribution in [3.8, 4) is 0 Å². The summed E-state index contributed by atoms with van der Waals surface area (Å²) in [5, 5.41) is 0. The van der Waals surface area contributed by atoms with Crippen molar-refractivity contribution in [2.24, 2.45) is 5.73 Å². The molecule has 0 spiro atoms. The molecule has 0 heterocycles. The zero-order valence-corrected chi connectivity index (χ0v) is 2.19. The highest BCUT2D eigenvalue weighted by Crippen LogP contribution is 1.18.